The van der Waals surface area contributed by atoms with Gasteiger partial charge in [0, 0.05) is 23.7 Å². The van der Waals surface area contributed by atoms with Crippen molar-refractivity contribution in [1.82, 2.24) is 19.9 Å². The van der Waals surface area contributed by atoms with Crippen LogP contribution in [0.15, 0.2) is 55.0 Å². The van der Waals surface area contributed by atoms with Crippen LogP contribution in [0.3, 0.4) is 0 Å². The molecule has 0 saturated heterocycles. The summed E-state index contributed by atoms with van der Waals surface area (Å²) in [5, 5.41) is 3.58. The zero-order chi connectivity index (χ0) is 19.2. The van der Waals surface area contributed by atoms with E-state index in [-0.39, 0.29) is 6.04 Å². The molecule has 4 heterocycles. The van der Waals surface area contributed by atoms with Crippen LogP contribution in [0.1, 0.15) is 29.3 Å². The summed E-state index contributed by atoms with van der Waals surface area (Å²) >= 11 is 0. The van der Waals surface area contributed by atoms with E-state index in [4.69, 9.17) is 9.72 Å². The third-order valence-electron chi connectivity index (χ3n) is 5.65. The maximum Gasteiger partial charge on any atom is 0.237 e. The van der Waals surface area contributed by atoms with Crippen LogP contribution in [0.2, 0.25) is 0 Å². The molecule has 4 aromatic rings. The molecule has 3 aromatic heterocycles. The van der Waals surface area contributed by atoms with Gasteiger partial charge in [-0.3, -0.25) is 9.97 Å². The topological polar surface area (TPSA) is 72.8 Å². The number of anilines is 1. The van der Waals surface area contributed by atoms with Gasteiger partial charge in [0.05, 0.1) is 34.7 Å². The van der Waals surface area contributed by atoms with E-state index in [0.29, 0.717) is 12.5 Å². The lowest BCUT2D eigenvalue weighted by Gasteiger charge is -2.27. The number of benzene rings is 1. The van der Waals surface area contributed by atoms with E-state index >= 15 is 0 Å². The number of rotatable bonds is 2. The summed E-state index contributed by atoms with van der Waals surface area (Å²) in [6.07, 6.45) is 8.96. The molecular weight excluding hydrogens is 362 g/mol. The van der Waals surface area contributed by atoms with Crippen molar-refractivity contribution in [1.29, 1.82) is 0 Å². The van der Waals surface area contributed by atoms with Gasteiger partial charge in [-0.2, -0.15) is 0 Å². The lowest BCUT2D eigenvalue weighted by Crippen LogP contribution is -2.25. The number of hydrogen-bond donors (Lipinski definition) is 1. The van der Waals surface area contributed by atoms with E-state index in [1.807, 2.05) is 36.5 Å². The van der Waals surface area contributed by atoms with Crippen LogP contribution in [0.4, 0.5) is 5.69 Å². The highest BCUT2D eigenvalue weighted by molar-refractivity contribution is 5.77. The van der Waals surface area contributed by atoms with Gasteiger partial charge in [-0.15, -0.1) is 0 Å². The van der Waals surface area contributed by atoms with E-state index < -0.39 is 0 Å². The molecule has 1 aromatic carbocycles. The largest absolute Gasteiger partial charge is 0.474 e. The molecule has 0 spiro atoms. The van der Waals surface area contributed by atoms with Gasteiger partial charge in [0.1, 0.15) is 6.61 Å². The van der Waals surface area contributed by atoms with E-state index in [9.17, 15) is 0 Å². The average Bonchev–Trinajstić information content (AvgIpc) is 3.26. The third kappa shape index (κ3) is 2.88. The Bertz CT molecular complexity index is 1240. The Morgan fingerprint density at radius 2 is 1.86 bits per heavy atom. The number of pyridine rings is 2. The molecule has 29 heavy (non-hydrogen) atoms. The van der Waals surface area contributed by atoms with Crippen LogP contribution in [-0.4, -0.2) is 26.5 Å². The molecule has 0 fully saturated rings. The highest BCUT2D eigenvalue weighted by atomic mass is 16.5. The van der Waals surface area contributed by atoms with E-state index in [1.54, 1.807) is 12.4 Å². The predicted octanol–water partition coefficient (Wildman–Crippen LogP) is 4.12. The van der Waals surface area contributed by atoms with Crippen molar-refractivity contribution in [3.05, 3.63) is 71.8 Å². The molecule has 1 N–H and O–H groups in total. The Morgan fingerprint density at radius 3 is 2.83 bits per heavy atom. The number of ether oxygens (including phenoxy) is 1. The minimum Gasteiger partial charge on any atom is -0.474 e. The highest BCUT2D eigenvalue weighted by Crippen LogP contribution is 2.35. The van der Waals surface area contributed by atoms with Gasteiger partial charge in [-0.05, 0) is 48.6 Å². The first-order valence-electron chi connectivity index (χ1n) is 9.93. The lowest BCUT2D eigenvalue weighted by molar-refractivity contribution is 0.275. The fourth-order valence-electron chi connectivity index (χ4n) is 4.11. The van der Waals surface area contributed by atoms with Gasteiger partial charge in [-0.25, -0.2) is 9.97 Å². The standard InChI is InChI=1S/C23H19N5O/c1-2-6-19-18(5-1)25-12-21(27-19)16-9-20-23(26-11-16)29-13-22(28-20)15-8-14-4-3-7-17(14)24-10-15/h1-2,5-6,8-12,22,28H,3-4,7,13H2. The Morgan fingerprint density at radius 1 is 0.931 bits per heavy atom. The van der Waals surface area contributed by atoms with Crippen molar-refractivity contribution in [2.75, 3.05) is 11.9 Å². The molecule has 0 saturated carbocycles. The SMILES string of the molecule is c1ccc2nc(-c3cnc4c(c3)NC(c3cnc5c(c3)CCC5)CO4)cnc2c1. The second kappa shape index (κ2) is 6.51. The molecule has 1 aliphatic carbocycles. The van der Waals surface area contributed by atoms with Crippen LogP contribution in [0, 0.1) is 0 Å². The third-order valence-corrected chi connectivity index (χ3v) is 5.65. The molecule has 1 atom stereocenters. The predicted molar refractivity (Wildman–Crippen MR) is 111 cm³/mol. The van der Waals surface area contributed by atoms with Crippen LogP contribution in [0.25, 0.3) is 22.3 Å². The first-order valence-corrected chi connectivity index (χ1v) is 9.93. The van der Waals surface area contributed by atoms with Gasteiger partial charge in [0.2, 0.25) is 5.88 Å². The fraction of sp³-hybridized carbons (Fsp3) is 0.217. The summed E-state index contributed by atoms with van der Waals surface area (Å²) in [7, 11) is 0. The van der Waals surface area contributed by atoms with Gasteiger partial charge in [0.25, 0.3) is 0 Å². The molecule has 0 radical (unpaired) electrons. The first kappa shape index (κ1) is 16.4. The van der Waals surface area contributed by atoms with Gasteiger partial charge in [0.15, 0.2) is 0 Å². The van der Waals surface area contributed by atoms with Crippen LogP contribution >= 0.6 is 0 Å². The summed E-state index contributed by atoms with van der Waals surface area (Å²) in [5.74, 6) is 0.618. The van der Waals surface area contributed by atoms with Crippen molar-refractivity contribution in [3.8, 4) is 17.1 Å². The molecule has 6 heteroatoms. The molecule has 1 unspecified atom stereocenters. The fourth-order valence-corrected chi connectivity index (χ4v) is 4.11. The van der Waals surface area contributed by atoms with E-state index in [0.717, 1.165) is 46.4 Å². The number of nitrogens with one attached hydrogen (secondary N) is 1. The smallest absolute Gasteiger partial charge is 0.237 e. The van der Waals surface area contributed by atoms with Crippen molar-refractivity contribution in [2.45, 2.75) is 25.3 Å². The summed E-state index contributed by atoms with van der Waals surface area (Å²) in [6, 6.07) is 12.2. The van der Waals surface area contributed by atoms with Crippen LogP contribution in [-0.2, 0) is 12.8 Å². The summed E-state index contributed by atoms with van der Waals surface area (Å²) in [6.45, 7) is 0.537. The minimum absolute atomic E-state index is 0.0561. The zero-order valence-electron chi connectivity index (χ0n) is 15.8. The number of hydrogen-bond acceptors (Lipinski definition) is 6. The van der Waals surface area contributed by atoms with Crippen LogP contribution < -0.4 is 10.1 Å². The summed E-state index contributed by atoms with van der Waals surface area (Å²) in [4.78, 5) is 18.4. The minimum atomic E-state index is 0.0561. The molecular formula is C23H19N5O. The molecule has 6 nitrogen and oxygen atoms in total. The second-order valence-corrected chi connectivity index (χ2v) is 7.56. The summed E-state index contributed by atoms with van der Waals surface area (Å²) in [5.41, 5.74) is 8.09. The average molecular weight is 381 g/mol. The highest BCUT2D eigenvalue weighted by Gasteiger charge is 2.24. The number of aryl methyl sites for hydroxylation is 2. The molecule has 2 aliphatic rings. The number of aromatic nitrogens is 4. The Hall–Kier alpha value is -3.54. The lowest BCUT2D eigenvalue weighted by atomic mass is 10.0. The van der Waals surface area contributed by atoms with Crippen molar-refractivity contribution < 1.29 is 4.74 Å². The Kier molecular flexibility index (Phi) is 3.69. The van der Waals surface area contributed by atoms with Gasteiger partial charge < -0.3 is 10.1 Å². The maximum absolute atomic E-state index is 5.93. The van der Waals surface area contributed by atoms with Gasteiger partial charge in [-0.1, -0.05) is 18.2 Å². The van der Waals surface area contributed by atoms with Crippen molar-refractivity contribution in [2.24, 2.45) is 0 Å². The molecule has 142 valence electrons. The number of para-hydroxylation sites is 2. The molecule has 6 rings (SSSR count). The number of nitrogens with zero attached hydrogens (tertiary/aromatic N) is 4. The first-order chi connectivity index (χ1) is 14.3. The summed E-state index contributed by atoms with van der Waals surface area (Å²) < 4.78 is 5.93. The second-order valence-electron chi connectivity index (χ2n) is 7.56. The zero-order valence-corrected chi connectivity index (χ0v) is 15.8. The van der Waals surface area contributed by atoms with Crippen molar-refractivity contribution in [3.63, 3.8) is 0 Å². The normalized spacial score (nSPS) is 17.3. The Balaban J connectivity index is 1.33. The Labute approximate surface area is 168 Å². The van der Waals surface area contributed by atoms with Crippen LogP contribution in [0.5, 0.6) is 5.88 Å². The van der Waals surface area contributed by atoms with Crippen molar-refractivity contribution >= 4 is 16.7 Å². The molecule has 0 bridgehead atoms. The quantitative estimate of drug-likeness (QED) is 0.563. The van der Waals surface area contributed by atoms with E-state index in [1.165, 1.54) is 17.7 Å². The maximum atomic E-state index is 5.93. The number of fused-ring (bicyclic) bond motifs is 3. The molecule has 0 amide bonds. The van der Waals surface area contributed by atoms with E-state index in [2.05, 4.69) is 26.3 Å². The molecule has 1 aliphatic heterocycles. The van der Waals surface area contributed by atoms with Gasteiger partial charge >= 0.3 is 0 Å². The monoisotopic (exact) mass is 381 g/mol.